The number of aromatic nitrogens is 5. The molecule has 3 aromatic heterocycles. The number of nitrogens with zero attached hydrogens (tertiary/aromatic N) is 5. The van der Waals surface area contributed by atoms with Crippen molar-refractivity contribution in [1.29, 1.82) is 0 Å². The second kappa shape index (κ2) is 16.7. The van der Waals surface area contributed by atoms with Gasteiger partial charge in [-0.1, -0.05) is 58.5 Å². The number of ether oxygens (including phenoxy) is 1. The number of amides is 1. The van der Waals surface area contributed by atoms with Gasteiger partial charge in [-0.15, -0.1) is 0 Å². The van der Waals surface area contributed by atoms with Gasteiger partial charge in [-0.3, -0.25) is 4.79 Å². The molecule has 17 heteroatoms. The van der Waals surface area contributed by atoms with Gasteiger partial charge in [-0.2, -0.15) is 0 Å². The average Bonchev–Trinajstić information content (AvgIpc) is 3.62. The minimum Gasteiger partial charge on any atom is -0.462 e. The van der Waals surface area contributed by atoms with Crippen molar-refractivity contribution in [3.05, 3.63) is 127 Å². The molecule has 0 unspecified atom stereocenters. The summed E-state index contributed by atoms with van der Waals surface area (Å²) in [5.74, 6) is -1.51. The van der Waals surface area contributed by atoms with Crippen LogP contribution in [0.5, 0.6) is 0 Å². The normalized spacial score (nSPS) is 11.0. The summed E-state index contributed by atoms with van der Waals surface area (Å²) in [5, 5.41) is 10.4. The number of fused-ring (bicyclic) bond motifs is 2. The summed E-state index contributed by atoms with van der Waals surface area (Å²) in [6.07, 6.45) is 1.65. The lowest BCUT2D eigenvalue weighted by Crippen LogP contribution is -2.15. The number of benzene rings is 4. The van der Waals surface area contributed by atoms with E-state index in [4.69, 9.17) is 51.1 Å². The largest absolute Gasteiger partial charge is 0.462 e. The topological polar surface area (TPSA) is 128 Å². The maximum absolute atomic E-state index is 14.8. The van der Waals surface area contributed by atoms with Crippen molar-refractivity contribution >= 4 is 109 Å². The molecule has 3 heterocycles. The van der Waals surface area contributed by atoms with Crippen LogP contribution in [0.15, 0.2) is 72.9 Å². The number of carbonyl (C=O) groups excluding carboxylic acids is 2. The summed E-state index contributed by atoms with van der Waals surface area (Å²) >= 11 is 24.7. The second-order valence-electron chi connectivity index (χ2n) is 12.4. The molecule has 56 heavy (non-hydrogen) atoms. The lowest BCUT2D eigenvalue weighted by Gasteiger charge is -2.10. The van der Waals surface area contributed by atoms with Gasteiger partial charge in [0.05, 0.1) is 71.3 Å². The smallest absolute Gasteiger partial charge is 0.341 e. The van der Waals surface area contributed by atoms with Gasteiger partial charge in [0.15, 0.2) is 0 Å². The van der Waals surface area contributed by atoms with E-state index in [1.807, 2.05) is 13.8 Å². The van der Waals surface area contributed by atoms with Crippen LogP contribution in [0.25, 0.3) is 22.1 Å². The van der Waals surface area contributed by atoms with Crippen LogP contribution in [0.2, 0.25) is 20.1 Å². The minimum atomic E-state index is -0.726. The van der Waals surface area contributed by atoms with Crippen molar-refractivity contribution in [1.82, 2.24) is 24.1 Å². The summed E-state index contributed by atoms with van der Waals surface area (Å²) in [7, 11) is 3.44. The van der Waals surface area contributed by atoms with Gasteiger partial charge in [-0.25, -0.2) is 28.5 Å². The summed E-state index contributed by atoms with van der Waals surface area (Å²) in [6.45, 7) is 5.65. The summed E-state index contributed by atoms with van der Waals surface area (Å²) in [6, 6.07) is 17.2. The van der Waals surface area contributed by atoms with Gasteiger partial charge < -0.3 is 29.8 Å². The third-order valence-electron chi connectivity index (χ3n) is 8.69. The molecular formula is C39H32Cl4F2N8O3. The van der Waals surface area contributed by atoms with Crippen LogP contribution in [0.4, 0.5) is 37.9 Å². The van der Waals surface area contributed by atoms with Crippen molar-refractivity contribution in [2.24, 2.45) is 14.1 Å². The first-order valence-corrected chi connectivity index (χ1v) is 18.3. The van der Waals surface area contributed by atoms with E-state index in [2.05, 4.69) is 30.9 Å². The predicted octanol–water partition coefficient (Wildman–Crippen LogP) is 11.0. The van der Waals surface area contributed by atoms with E-state index >= 15 is 0 Å². The number of aryl methyl sites for hydroxylation is 4. The van der Waals surface area contributed by atoms with Crippen molar-refractivity contribution in [3.8, 4) is 0 Å². The fourth-order valence-electron chi connectivity index (χ4n) is 5.52. The first-order valence-electron chi connectivity index (χ1n) is 16.8. The number of hydrogen-bond donors (Lipinski definition) is 3. The van der Waals surface area contributed by atoms with E-state index in [-0.39, 0.29) is 17.7 Å². The Bertz CT molecular complexity index is 2630. The molecule has 0 spiro atoms. The molecule has 1 amide bonds. The molecule has 4 aromatic carbocycles. The van der Waals surface area contributed by atoms with E-state index in [9.17, 15) is 18.4 Å². The first kappa shape index (κ1) is 40.2. The Balaban J connectivity index is 0.000000194. The average molecular weight is 841 g/mol. The molecule has 0 aliphatic heterocycles. The fourth-order valence-corrected chi connectivity index (χ4v) is 6.51. The van der Waals surface area contributed by atoms with Crippen LogP contribution in [0, 0.1) is 25.5 Å². The van der Waals surface area contributed by atoms with E-state index < -0.39 is 23.5 Å². The van der Waals surface area contributed by atoms with Crippen LogP contribution in [-0.2, 0) is 18.8 Å². The van der Waals surface area contributed by atoms with E-state index in [1.165, 1.54) is 24.3 Å². The van der Waals surface area contributed by atoms with Crippen molar-refractivity contribution in [2.45, 2.75) is 20.8 Å². The predicted molar refractivity (Wildman–Crippen MR) is 218 cm³/mol. The second-order valence-corrected chi connectivity index (χ2v) is 14.0. The highest BCUT2D eigenvalue weighted by molar-refractivity contribution is 6.39. The van der Waals surface area contributed by atoms with Gasteiger partial charge in [-0.05, 0) is 74.4 Å². The lowest BCUT2D eigenvalue weighted by molar-refractivity contribution is 0.0521. The van der Waals surface area contributed by atoms with Crippen LogP contribution in [0.1, 0.15) is 38.8 Å². The summed E-state index contributed by atoms with van der Waals surface area (Å²) in [4.78, 5) is 37.5. The number of carbonyl (C=O) groups is 2. The van der Waals surface area contributed by atoms with Gasteiger partial charge in [0.25, 0.3) is 5.91 Å². The summed E-state index contributed by atoms with van der Waals surface area (Å²) in [5.41, 5.74) is 4.56. The van der Waals surface area contributed by atoms with Gasteiger partial charge in [0.1, 0.15) is 17.5 Å². The molecule has 7 rings (SSSR count). The quantitative estimate of drug-likeness (QED) is 0.129. The first-order chi connectivity index (χ1) is 26.7. The highest BCUT2D eigenvalue weighted by Gasteiger charge is 2.20. The SMILES string of the molecule is CCOC(=O)c1cc2nc(Nc3c(Cl)cccc3Cl)n(C)c2cc1F.Cc1cnc(NC(=O)c2cc3nc(Nc4c(Cl)cccc4Cl)n(C)c3cc2F)cc1C. The third kappa shape index (κ3) is 8.36. The maximum atomic E-state index is 14.8. The third-order valence-corrected chi connectivity index (χ3v) is 9.95. The molecule has 0 radical (unpaired) electrons. The molecule has 0 aliphatic carbocycles. The Morgan fingerprint density at radius 3 is 1.64 bits per heavy atom. The van der Waals surface area contributed by atoms with Crippen LogP contribution < -0.4 is 16.0 Å². The van der Waals surface area contributed by atoms with Crippen LogP contribution in [0.3, 0.4) is 0 Å². The number of hydrogen-bond acceptors (Lipinski definition) is 8. The maximum Gasteiger partial charge on any atom is 0.341 e. The van der Waals surface area contributed by atoms with Crippen molar-refractivity contribution in [3.63, 3.8) is 0 Å². The van der Waals surface area contributed by atoms with Gasteiger partial charge >= 0.3 is 5.97 Å². The lowest BCUT2D eigenvalue weighted by atomic mass is 10.1. The number of para-hydroxylation sites is 2. The summed E-state index contributed by atoms with van der Waals surface area (Å²) < 4.78 is 37.2. The Labute approximate surface area is 339 Å². The Morgan fingerprint density at radius 1 is 0.714 bits per heavy atom. The standard InChI is InChI=1S/C22H18Cl2FN5O.C17H14Cl2FN3O2/c1-11-7-19(26-10-12(11)2)28-21(31)13-8-17-18(9-16(13)25)30(3)22(27-17)29-20-14(23)5-4-6-15(20)24;1-3-25-16(24)9-7-13-14(8-12(9)20)23(2)17(21-13)22-15-10(18)5-4-6-11(15)19/h4-10H,1-3H3,(H,27,29)(H,26,28,31);4-8H,3H2,1-2H3,(H,21,22). The van der Waals surface area contributed by atoms with E-state index in [1.54, 1.807) is 78.8 Å². The number of anilines is 5. The van der Waals surface area contributed by atoms with Crippen molar-refractivity contribution < 1.29 is 23.1 Å². The fraction of sp³-hybridized carbons (Fsp3) is 0.154. The zero-order valence-corrected chi connectivity index (χ0v) is 33.4. The molecule has 0 saturated heterocycles. The van der Waals surface area contributed by atoms with E-state index in [0.29, 0.717) is 71.2 Å². The van der Waals surface area contributed by atoms with E-state index in [0.717, 1.165) is 11.1 Å². The monoisotopic (exact) mass is 838 g/mol. The Hall–Kier alpha value is -5.47. The number of halogens is 6. The molecular weight excluding hydrogens is 808 g/mol. The molecule has 288 valence electrons. The molecule has 7 aromatic rings. The van der Waals surface area contributed by atoms with Gasteiger partial charge in [0, 0.05) is 32.4 Å². The number of esters is 1. The molecule has 0 atom stereocenters. The van der Waals surface area contributed by atoms with Gasteiger partial charge in [0.2, 0.25) is 11.9 Å². The van der Waals surface area contributed by atoms with Crippen LogP contribution >= 0.6 is 46.4 Å². The minimum absolute atomic E-state index is 0.132. The van der Waals surface area contributed by atoms with Crippen molar-refractivity contribution in [2.75, 3.05) is 22.6 Å². The molecule has 0 saturated carbocycles. The molecule has 0 fully saturated rings. The molecule has 11 nitrogen and oxygen atoms in total. The number of pyridine rings is 1. The molecule has 0 bridgehead atoms. The zero-order chi connectivity index (χ0) is 40.4. The number of imidazole rings is 2. The highest BCUT2D eigenvalue weighted by Crippen LogP contribution is 2.35. The number of nitrogens with one attached hydrogen (secondary N) is 3. The highest BCUT2D eigenvalue weighted by atomic mass is 35.5. The number of rotatable bonds is 8. The molecule has 3 N–H and O–H groups in total. The Morgan fingerprint density at radius 2 is 1.18 bits per heavy atom. The van der Waals surface area contributed by atoms with Crippen LogP contribution in [-0.4, -0.2) is 42.6 Å². The zero-order valence-electron chi connectivity index (χ0n) is 30.4. The Kier molecular flexibility index (Phi) is 12.0. The molecule has 0 aliphatic rings.